The van der Waals surface area contributed by atoms with E-state index in [2.05, 4.69) is 10.6 Å². The quantitative estimate of drug-likeness (QED) is 0.267. The van der Waals surface area contributed by atoms with Gasteiger partial charge in [0.1, 0.15) is 6.17 Å². The molecule has 0 aromatic heterocycles. The average molecular weight is 313 g/mol. The highest BCUT2D eigenvalue weighted by atomic mass is 19.1. The van der Waals surface area contributed by atoms with Crippen LogP contribution in [-0.4, -0.2) is 72.0 Å². The monoisotopic (exact) mass is 313 g/mol. The summed E-state index contributed by atoms with van der Waals surface area (Å²) in [5, 5.41) is 7.76. The molecule has 0 heterocycles. The summed E-state index contributed by atoms with van der Waals surface area (Å²) in [6.45, 7) is 7.18. The summed E-state index contributed by atoms with van der Waals surface area (Å²) < 4.78 is 35.0. The van der Waals surface area contributed by atoms with E-state index in [0.29, 0.717) is 32.9 Å². The maximum absolute atomic E-state index is 13.0. The van der Waals surface area contributed by atoms with E-state index in [4.69, 9.17) is 9.47 Å². The largest absolute Gasteiger partial charge is 0.397 e. The fourth-order valence-corrected chi connectivity index (χ4v) is 1.15. The van der Waals surface area contributed by atoms with Gasteiger partial charge in [-0.3, -0.25) is 0 Å². The SMILES string of the molecule is CC.CNCCOCCNCCOCC(F)CNC(=O)F. The zero-order valence-electron chi connectivity index (χ0n) is 13.2. The van der Waals surface area contributed by atoms with E-state index >= 15 is 0 Å². The molecular weight excluding hydrogens is 284 g/mol. The zero-order valence-corrected chi connectivity index (χ0v) is 13.2. The average Bonchev–Trinajstić information content (AvgIpc) is 2.49. The van der Waals surface area contributed by atoms with Crippen molar-refractivity contribution in [1.29, 1.82) is 0 Å². The Hall–Kier alpha value is -0.830. The van der Waals surface area contributed by atoms with Gasteiger partial charge in [-0.25, -0.2) is 9.18 Å². The van der Waals surface area contributed by atoms with Crippen LogP contribution in [0.4, 0.5) is 13.6 Å². The van der Waals surface area contributed by atoms with Crippen molar-refractivity contribution in [3.05, 3.63) is 0 Å². The number of alkyl halides is 1. The second kappa shape index (κ2) is 19.2. The zero-order chi connectivity index (χ0) is 16.3. The Morgan fingerprint density at radius 2 is 1.67 bits per heavy atom. The van der Waals surface area contributed by atoms with Gasteiger partial charge in [0.2, 0.25) is 0 Å². The third kappa shape index (κ3) is 21.6. The molecule has 0 aromatic carbocycles. The molecule has 8 heteroatoms. The number of amides is 1. The highest BCUT2D eigenvalue weighted by Gasteiger charge is 2.07. The third-order valence-corrected chi connectivity index (χ3v) is 2.10. The van der Waals surface area contributed by atoms with Gasteiger partial charge in [0.25, 0.3) is 0 Å². The van der Waals surface area contributed by atoms with E-state index in [1.54, 1.807) is 5.32 Å². The predicted octanol–water partition coefficient (Wildman–Crippen LogP) is 0.872. The molecule has 0 spiro atoms. The minimum Gasteiger partial charge on any atom is -0.379 e. The lowest BCUT2D eigenvalue weighted by molar-refractivity contribution is 0.0802. The van der Waals surface area contributed by atoms with E-state index < -0.39 is 12.3 Å². The maximum Gasteiger partial charge on any atom is 0.397 e. The molecule has 0 aliphatic heterocycles. The number of nitrogens with one attached hydrogen (secondary N) is 3. The molecule has 0 saturated carbocycles. The van der Waals surface area contributed by atoms with Crippen LogP contribution in [0.25, 0.3) is 0 Å². The van der Waals surface area contributed by atoms with Crippen LogP contribution < -0.4 is 16.0 Å². The maximum atomic E-state index is 13.0. The summed E-state index contributed by atoms with van der Waals surface area (Å²) in [6.07, 6.45) is -3.13. The van der Waals surface area contributed by atoms with Crippen molar-refractivity contribution in [2.24, 2.45) is 0 Å². The Kier molecular flexibility index (Phi) is 20.5. The first-order valence-corrected chi connectivity index (χ1v) is 7.25. The van der Waals surface area contributed by atoms with Crippen molar-refractivity contribution in [2.45, 2.75) is 20.0 Å². The number of hydrogen-bond donors (Lipinski definition) is 3. The predicted molar refractivity (Wildman–Crippen MR) is 79.2 cm³/mol. The van der Waals surface area contributed by atoms with Gasteiger partial charge in [-0.05, 0) is 7.05 Å². The van der Waals surface area contributed by atoms with Crippen LogP contribution in [-0.2, 0) is 9.47 Å². The van der Waals surface area contributed by atoms with Gasteiger partial charge in [0.15, 0.2) is 0 Å². The first-order chi connectivity index (χ1) is 10.2. The van der Waals surface area contributed by atoms with Crippen LogP contribution in [0.15, 0.2) is 0 Å². The lowest BCUT2D eigenvalue weighted by atomic mass is 10.4. The van der Waals surface area contributed by atoms with E-state index in [0.717, 1.165) is 6.54 Å². The van der Waals surface area contributed by atoms with Gasteiger partial charge in [-0.2, -0.15) is 0 Å². The first-order valence-electron chi connectivity index (χ1n) is 7.25. The van der Waals surface area contributed by atoms with Gasteiger partial charge in [0, 0.05) is 19.6 Å². The van der Waals surface area contributed by atoms with Crippen LogP contribution in [0.1, 0.15) is 13.8 Å². The molecule has 1 amide bonds. The molecule has 1 atom stereocenters. The molecule has 21 heavy (non-hydrogen) atoms. The first kappa shape index (κ1) is 22.5. The summed E-state index contributed by atoms with van der Waals surface area (Å²) in [6, 6.07) is 0. The standard InChI is InChI=1S/C11H23F2N3O3.C2H6/c1-14-2-5-18-6-3-15-4-7-19-9-10(12)8-16-11(13)17;1-2/h10,14-15H,2-9H2,1H3,(H,16,17);1-2H3. The van der Waals surface area contributed by atoms with Crippen LogP contribution in [0.2, 0.25) is 0 Å². The topological polar surface area (TPSA) is 71.6 Å². The summed E-state index contributed by atoms with van der Waals surface area (Å²) >= 11 is 0. The molecule has 0 saturated heterocycles. The summed E-state index contributed by atoms with van der Waals surface area (Å²) in [5.41, 5.74) is 0. The molecule has 1 unspecified atom stereocenters. The molecule has 0 rings (SSSR count). The second-order valence-electron chi connectivity index (χ2n) is 3.79. The Balaban J connectivity index is 0. The van der Waals surface area contributed by atoms with Gasteiger partial charge in [-0.1, -0.05) is 13.8 Å². The molecule has 0 fully saturated rings. The van der Waals surface area contributed by atoms with E-state index in [1.165, 1.54) is 0 Å². The number of halogens is 2. The van der Waals surface area contributed by atoms with Crippen LogP contribution in [0.5, 0.6) is 0 Å². The Bertz CT molecular complexity index is 225. The molecule has 0 radical (unpaired) electrons. The van der Waals surface area contributed by atoms with Crippen LogP contribution >= 0.6 is 0 Å². The van der Waals surface area contributed by atoms with Gasteiger partial charge >= 0.3 is 6.16 Å². The smallest absolute Gasteiger partial charge is 0.379 e. The van der Waals surface area contributed by atoms with Crippen molar-refractivity contribution in [3.63, 3.8) is 0 Å². The van der Waals surface area contributed by atoms with Gasteiger partial charge in [0.05, 0.1) is 33.0 Å². The van der Waals surface area contributed by atoms with E-state index in [1.807, 2.05) is 20.9 Å². The van der Waals surface area contributed by atoms with Crippen molar-refractivity contribution in [3.8, 4) is 0 Å². The van der Waals surface area contributed by atoms with Crippen LogP contribution in [0, 0.1) is 0 Å². The fraction of sp³-hybridized carbons (Fsp3) is 0.923. The number of carbonyl (C=O) groups excluding carboxylic acids is 1. The molecule has 0 aromatic rings. The molecule has 6 nitrogen and oxygen atoms in total. The van der Waals surface area contributed by atoms with Crippen molar-refractivity contribution in [2.75, 3.05) is 59.7 Å². The lowest BCUT2D eigenvalue weighted by Gasteiger charge is -2.09. The fourth-order valence-electron chi connectivity index (χ4n) is 1.15. The number of carbonyl (C=O) groups is 1. The second-order valence-corrected chi connectivity index (χ2v) is 3.79. The summed E-state index contributed by atoms with van der Waals surface area (Å²) in [7, 11) is 1.86. The molecule has 0 aliphatic rings. The number of ether oxygens (including phenoxy) is 2. The van der Waals surface area contributed by atoms with Gasteiger partial charge < -0.3 is 25.4 Å². The van der Waals surface area contributed by atoms with E-state index in [-0.39, 0.29) is 13.2 Å². The summed E-state index contributed by atoms with van der Waals surface area (Å²) in [4.78, 5) is 9.88. The van der Waals surface area contributed by atoms with Crippen LogP contribution in [0.3, 0.4) is 0 Å². The number of rotatable bonds is 13. The third-order valence-electron chi connectivity index (χ3n) is 2.10. The van der Waals surface area contributed by atoms with Crippen molar-refractivity contribution >= 4 is 6.16 Å². The molecule has 0 aliphatic carbocycles. The minimum absolute atomic E-state index is 0.166. The Morgan fingerprint density at radius 3 is 2.24 bits per heavy atom. The van der Waals surface area contributed by atoms with Gasteiger partial charge in [-0.15, -0.1) is 4.39 Å². The highest BCUT2D eigenvalue weighted by molar-refractivity contribution is 5.65. The summed E-state index contributed by atoms with van der Waals surface area (Å²) in [5.74, 6) is 0. The number of likely N-dealkylation sites (N-methyl/N-ethyl adjacent to an activating group) is 1. The minimum atomic E-state index is -1.73. The molecule has 3 N–H and O–H groups in total. The molecule has 0 bridgehead atoms. The highest BCUT2D eigenvalue weighted by Crippen LogP contribution is 1.90. The lowest BCUT2D eigenvalue weighted by Crippen LogP contribution is -2.30. The van der Waals surface area contributed by atoms with E-state index in [9.17, 15) is 13.6 Å². The Labute approximate surface area is 125 Å². The molecular formula is C13H29F2N3O3. The van der Waals surface area contributed by atoms with Crippen molar-refractivity contribution < 1.29 is 23.0 Å². The Morgan fingerprint density at radius 1 is 1.10 bits per heavy atom. The normalized spacial score (nSPS) is 11.5. The number of hydrogen-bond acceptors (Lipinski definition) is 5. The molecule has 128 valence electrons. The van der Waals surface area contributed by atoms with Crippen molar-refractivity contribution in [1.82, 2.24) is 16.0 Å².